The lowest BCUT2D eigenvalue weighted by Crippen LogP contribution is -2.83. The lowest BCUT2D eigenvalue weighted by Gasteiger charge is -2.61. The first-order valence-corrected chi connectivity index (χ1v) is 17.4. The molecule has 1 saturated heterocycles. The summed E-state index contributed by atoms with van der Waals surface area (Å²) in [4.78, 5) is 0. The van der Waals surface area contributed by atoms with Crippen molar-refractivity contribution in [3.63, 3.8) is 0 Å². The van der Waals surface area contributed by atoms with Crippen molar-refractivity contribution in [2.45, 2.75) is 85.6 Å². The highest BCUT2D eigenvalue weighted by Crippen LogP contribution is 2.36. The van der Waals surface area contributed by atoms with E-state index in [0.29, 0.717) is 0 Å². The molecule has 0 aliphatic carbocycles. The highest BCUT2D eigenvalue weighted by atomic mass is 28.5. The van der Waals surface area contributed by atoms with E-state index < -0.39 is 25.9 Å². The van der Waals surface area contributed by atoms with Gasteiger partial charge < -0.3 is 17.3 Å². The first kappa shape index (κ1) is 22.7. The monoisotopic (exact) mass is 401 g/mol. The fraction of sp³-hybridized carbons (Fsp3) is 1.00. The van der Waals surface area contributed by atoms with Crippen molar-refractivity contribution in [2.75, 3.05) is 19.6 Å². The molecule has 1 rings (SSSR count). The summed E-state index contributed by atoms with van der Waals surface area (Å²) >= 11 is 0. The molecule has 1 aliphatic rings. The van der Waals surface area contributed by atoms with E-state index in [1.54, 1.807) is 0 Å². The number of hydrogen-bond acceptors (Lipinski definition) is 4. The van der Waals surface area contributed by atoms with E-state index in [0.717, 1.165) is 9.84 Å². The minimum absolute atomic E-state index is 0.620. The fourth-order valence-corrected chi connectivity index (χ4v) is 28.5. The fourth-order valence-electron chi connectivity index (χ4n) is 4.99. The van der Waals surface area contributed by atoms with Gasteiger partial charge in [0.05, 0.1) is 0 Å². The van der Waals surface area contributed by atoms with E-state index >= 15 is 0 Å². The molecule has 1 aliphatic heterocycles. The third-order valence-electron chi connectivity index (χ3n) is 6.22. The molecule has 1 N–H and O–H groups in total. The highest BCUT2D eigenvalue weighted by Gasteiger charge is 2.55. The first-order valence-electron chi connectivity index (χ1n) is 10.2. The quantitative estimate of drug-likeness (QED) is 0.628. The van der Waals surface area contributed by atoms with E-state index in [2.05, 4.69) is 72.7 Å². The summed E-state index contributed by atoms with van der Waals surface area (Å²) in [6.07, 6.45) is 0. The molecule has 0 aromatic heterocycles. The molecule has 0 amide bonds. The normalized spacial score (nSPS) is 24.0. The molecular weight excluding hydrogens is 361 g/mol. The second-order valence-electron chi connectivity index (χ2n) is 6.65. The maximum Gasteiger partial charge on any atom is 0.235 e. The molecule has 1 heterocycles. The van der Waals surface area contributed by atoms with Gasteiger partial charge in [-0.2, -0.15) is 0 Å². The Labute approximate surface area is 158 Å². The Bertz CT molecular complexity index is 364. The minimum atomic E-state index is -1.62. The molecule has 0 bridgehead atoms. The van der Waals surface area contributed by atoms with Gasteiger partial charge in [-0.05, 0) is 49.9 Å². The smallest absolute Gasteiger partial charge is 0.235 e. The van der Waals surface area contributed by atoms with Gasteiger partial charge in [-0.15, -0.1) is 0 Å². The Morgan fingerprint density at radius 3 is 1.62 bits per heavy atom. The Morgan fingerprint density at radius 1 is 0.750 bits per heavy atom. The molecule has 0 unspecified atom stereocenters. The van der Waals surface area contributed by atoms with Crippen LogP contribution in [0.3, 0.4) is 0 Å². The van der Waals surface area contributed by atoms with Crippen molar-refractivity contribution in [3.8, 4) is 0 Å². The standard InChI is InChI=1S/C16H41N4Si4/c1-9-18-21-17-22(12-4)19(10-2)24(15-7,16-8)20(11-3)23(18,13-5)14-6/h17H,9-16H2,1-8H3. The second kappa shape index (κ2) is 10.1. The van der Waals surface area contributed by atoms with Gasteiger partial charge >= 0.3 is 0 Å². The minimum Gasteiger partial charge on any atom is -0.336 e. The lowest BCUT2D eigenvalue weighted by molar-refractivity contribution is 0.456. The zero-order valence-electron chi connectivity index (χ0n) is 17.5. The summed E-state index contributed by atoms with van der Waals surface area (Å²) in [7, 11) is -3.01. The zero-order valence-corrected chi connectivity index (χ0v) is 21.5. The molecule has 0 saturated carbocycles. The molecule has 4 nitrogen and oxygen atoms in total. The van der Waals surface area contributed by atoms with Crippen LogP contribution in [0.5, 0.6) is 0 Å². The Morgan fingerprint density at radius 2 is 1.29 bits per heavy atom. The topological polar surface area (TPSA) is 21.8 Å². The summed E-state index contributed by atoms with van der Waals surface area (Å²) in [5, 5.41) is 0. The van der Waals surface area contributed by atoms with Crippen molar-refractivity contribution in [2.24, 2.45) is 0 Å². The summed E-state index contributed by atoms with van der Waals surface area (Å²) in [5.74, 6) is 0. The van der Waals surface area contributed by atoms with Crippen LogP contribution in [0.4, 0.5) is 0 Å². The number of hydrogen-bond donors (Lipinski definition) is 1. The van der Waals surface area contributed by atoms with Crippen LogP contribution in [0, 0.1) is 0 Å². The maximum atomic E-state index is 4.09. The average Bonchev–Trinajstić information content (AvgIpc) is 2.62. The summed E-state index contributed by atoms with van der Waals surface area (Å²) in [6.45, 7) is 23.2. The first-order chi connectivity index (χ1) is 11.5. The molecule has 0 atom stereocenters. The van der Waals surface area contributed by atoms with Crippen LogP contribution >= 0.6 is 0 Å². The SMILES string of the molecule is CCN1[Si]N[Si](CC)N(CC)[Si](CC)(CC)N(CC)[Si]1(CC)CC. The van der Waals surface area contributed by atoms with E-state index in [9.17, 15) is 0 Å². The van der Waals surface area contributed by atoms with Crippen LogP contribution in [-0.4, -0.2) is 68.1 Å². The van der Waals surface area contributed by atoms with Crippen LogP contribution in [0.1, 0.15) is 55.4 Å². The number of nitrogens with one attached hydrogen (secondary N) is 1. The third kappa shape index (κ3) is 3.71. The van der Waals surface area contributed by atoms with Crippen molar-refractivity contribution < 1.29 is 0 Å². The van der Waals surface area contributed by atoms with Crippen LogP contribution in [-0.2, 0) is 0 Å². The van der Waals surface area contributed by atoms with Crippen molar-refractivity contribution >= 4 is 35.8 Å². The molecule has 1 fully saturated rings. The maximum absolute atomic E-state index is 4.09. The highest BCUT2D eigenvalue weighted by molar-refractivity contribution is 6.97. The second-order valence-corrected chi connectivity index (χ2v) is 20.8. The Kier molecular flexibility index (Phi) is 9.62. The van der Waals surface area contributed by atoms with Crippen molar-refractivity contribution in [3.05, 3.63) is 0 Å². The van der Waals surface area contributed by atoms with Gasteiger partial charge in [0.25, 0.3) is 0 Å². The van der Waals surface area contributed by atoms with Gasteiger partial charge in [-0.3, -0.25) is 0 Å². The molecule has 8 heteroatoms. The summed E-state index contributed by atoms with van der Waals surface area (Å²) in [6, 6.07) is 6.77. The van der Waals surface area contributed by atoms with Crippen molar-refractivity contribution in [1.29, 1.82) is 0 Å². The van der Waals surface area contributed by atoms with Gasteiger partial charge in [0.2, 0.25) is 19.0 Å². The predicted molar refractivity (Wildman–Crippen MR) is 116 cm³/mol. The Balaban J connectivity index is 3.59. The van der Waals surface area contributed by atoms with E-state index in [4.69, 9.17) is 0 Å². The molecule has 3 radical (unpaired) electrons. The van der Waals surface area contributed by atoms with Gasteiger partial charge in [0.1, 0.15) is 0 Å². The van der Waals surface area contributed by atoms with Crippen LogP contribution in [0.25, 0.3) is 0 Å². The van der Waals surface area contributed by atoms with E-state index in [1.165, 1.54) is 49.9 Å². The summed E-state index contributed by atoms with van der Waals surface area (Å²) < 4.78 is 13.2. The van der Waals surface area contributed by atoms with Crippen molar-refractivity contribution in [1.82, 2.24) is 17.3 Å². The molecular formula is C16H41N4Si4. The van der Waals surface area contributed by atoms with Gasteiger partial charge in [-0.1, -0.05) is 55.4 Å². The molecule has 141 valence electrons. The van der Waals surface area contributed by atoms with Crippen LogP contribution < -0.4 is 4.65 Å². The third-order valence-corrected chi connectivity index (χ3v) is 26.0. The lowest BCUT2D eigenvalue weighted by atomic mass is 10.8. The Hall–Kier alpha value is 0.708. The van der Waals surface area contributed by atoms with Gasteiger partial charge in [-0.25, -0.2) is 0 Å². The largest absolute Gasteiger partial charge is 0.336 e. The molecule has 24 heavy (non-hydrogen) atoms. The average molecular weight is 402 g/mol. The predicted octanol–water partition coefficient (Wildman–Crippen LogP) is 3.56. The van der Waals surface area contributed by atoms with Gasteiger partial charge in [0, 0.05) is 0 Å². The van der Waals surface area contributed by atoms with E-state index in [1.807, 2.05) is 0 Å². The number of rotatable bonds is 8. The van der Waals surface area contributed by atoms with Crippen LogP contribution in [0.2, 0.25) is 30.2 Å². The summed E-state index contributed by atoms with van der Waals surface area (Å²) in [5.41, 5.74) is 0. The number of nitrogens with zero attached hydrogens (tertiary/aromatic N) is 3. The molecule has 0 spiro atoms. The van der Waals surface area contributed by atoms with E-state index in [-0.39, 0.29) is 0 Å². The van der Waals surface area contributed by atoms with Crippen LogP contribution in [0.15, 0.2) is 0 Å². The molecule has 0 aromatic rings. The zero-order chi connectivity index (χ0) is 18.4. The molecule has 0 aromatic carbocycles. The van der Waals surface area contributed by atoms with Gasteiger partial charge in [0.15, 0.2) is 16.8 Å².